The minimum Gasteiger partial charge on any atom is -0.376 e. The number of aryl methyl sites for hydroxylation is 1. The molecule has 2 amide bonds. The Morgan fingerprint density at radius 2 is 1.88 bits per heavy atom. The van der Waals surface area contributed by atoms with Crippen LogP contribution in [0.5, 0.6) is 0 Å². The van der Waals surface area contributed by atoms with E-state index in [0.717, 1.165) is 12.1 Å². The van der Waals surface area contributed by atoms with Crippen LogP contribution in [0.3, 0.4) is 0 Å². The molecule has 0 heterocycles. The van der Waals surface area contributed by atoms with E-state index in [9.17, 15) is 9.59 Å². The van der Waals surface area contributed by atoms with Crippen molar-refractivity contribution in [3.8, 4) is 0 Å². The number of carbonyl (C=O) groups is 2. The molecule has 2 atom stereocenters. The van der Waals surface area contributed by atoms with E-state index in [1.165, 1.54) is 11.1 Å². The summed E-state index contributed by atoms with van der Waals surface area (Å²) in [5, 5.41) is 2.98. The molecule has 2 unspecified atom stereocenters. The minimum absolute atomic E-state index is 0.0158. The van der Waals surface area contributed by atoms with E-state index in [0.29, 0.717) is 11.3 Å². The Kier molecular flexibility index (Phi) is 4.49. The second-order valence-corrected chi connectivity index (χ2v) is 6.79. The van der Waals surface area contributed by atoms with Crippen molar-refractivity contribution in [3.63, 3.8) is 0 Å². The van der Waals surface area contributed by atoms with Crippen LogP contribution in [-0.2, 0) is 4.79 Å². The number of carbonyl (C=O) groups excluding carboxylic acids is 2. The lowest BCUT2D eigenvalue weighted by Gasteiger charge is -2.18. The van der Waals surface area contributed by atoms with Gasteiger partial charge >= 0.3 is 0 Å². The molecule has 0 radical (unpaired) electrons. The van der Waals surface area contributed by atoms with Crippen LogP contribution in [-0.4, -0.2) is 25.9 Å². The fourth-order valence-corrected chi connectivity index (χ4v) is 3.24. The summed E-state index contributed by atoms with van der Waals surface area (Å²) >= 11 is 0. The molecule has 5 heteroatoms. The number of nitrogens with one attached hydrogen (secondary N) is 1. The molecule has 130 valence electrons. The van der Waals surface area contributed by atoms with Gasteiger partial charge < -0.3 is 16.0 Å². The van der Waals surface area contributed by atoms with E-state index in [4.69, 9.17) is 5.73 Å². The van der Waals surface area contributed by atoms with Crippen LogP contribution in [0.1, 0.15) is 33.8 Å². The third-order valence-electron chi connectivity index (χ3n) is 4.74. The molecule has 3 rings (SSSR count). The predicted octanol–water partition coefficient (Wildman–Crippen LogP) is 2.90. The van der Waals surface area contributed by atoms with Gasteiger partial charge in [-0.15, -0.1) is 0 Å². The van der Waals surface area contributed by atoms with Crippen molar-refractivity contribution in [2.75, 3.05) is 24.3 Å². The molecular formula is C20H23N3O2. The Balaban J connectivity index is 1.79. The fraction of sp³-hybridized carbons (Fsp3) is 0.300. The molecule has 1 aliphatic rings. The standard InChI is InChI=1S/C20H23N3O2/c1-12-6-4-5-7-14(12)15-11-16(15)20(25)22-17-10-13(19(21)24)8-9-18(17)23(2)3/h4-10,15-16H,11H2,1-3H3,(H2,21,24)(H,22,25). The number of nitrogens with zero attached hydrogens (tertiary/aromatic N) is 1. The van der Waals surface area contributed by atoms with Crippen LogP contribution in [0.4, 0.5) is 11.4 Å². The quantitative estimate of drug-likeness (QED) is 0.881. The highest BCUT2D eigenvalue weighted by Gasteiger charge is 2.44. The van der Waals surface area contributed by atoms with Gasteiger partial charge in [-0.05, 0) is 48.6 Å². The Labute approximate surface area is 147 Å². The number of nitrogens with two attached hydrogens (primary N) is 1. The van der Waals surface area contributed by atoms with Crippen LogP contribution < -0.4 is 16.0 Å². The number of amides is 2. The Bertz CT molecular complexity index is 829. The van der Waals surface area contributed by atoms with Gasteiger partial charge in [-0.3, -0.25) is 9.59 Å². The summed E-state index contributed by atoms with van der Waals surface area (Å²) in [6.45, 7) is 2.07. The van der Waals surface area contributed by atoms with Crippen molar-refractivity contribution >= 4 is 23.2 Å². The average molecular weight is 337 g/mol. The van der Waals surface area contributed by atoms with Gasteiger partial charge in [-0.2, -0.15) is 0 Å². The number of hydrogen-bond acceptors (Lipinski definition) is 3. The smallest absolute Gasteiger partial charge is 0.248 e. The maximum absolute atomic E-state index is 12.7. The van der Waals surface area contributed by atoms with E-state index in [-0.39, 0.29) is 17.7 Å². The largest absolute Gasteiger partial charge is 0.376 e. The van der Waals surface area contributed by atoms with Gasteiger partial charge in [-0.25, -0.2) is 0 Å². The lowest BCUT2D eigenvalue weighted by Crippen LogP contribution is -2.20. The molecular weight excluding hydrogens is 314 g/mol. The number of rotatable bonds is 5. The van der Waals surface area contributed by atoms with Crippen molar-refractivity contribution in [2.45, 2.75) is 19.3 Å². The fourth-order valence-electron chi connectivity index (χ4n) is 3.24. The zero-order valence-electron chi connectivity index (χ0n) is 14.7. The molecule has 0 aromatic heterocycles. The first-order chi connectivity index (χ1) is 11.9. The molecule has 2 aromatic carbocycles. The summed E-state index contributed by atoms with van der Waals surface area (Å²) in [5.41, 5.74) is 9.65. The molecule has 0 aliphatic heterocycles. The third kappa shape index (κ3) is 3.50. The highest BCUT2D eigenvalue weighted by molar-refractivity contribution is 6.01. The second kappa shape index (κ2) is 6.59. The summed E-state index contributed by atoms with van der Waals surface area (Å²) < 4.78 is 0. The highest BCUT2D eigenvalue weighted by Crippen LogP contribution is 2.49. The third-order valence-corrected chi connectivity index (χ3v) is 4.74. The van der Waals surface area contributed by atoms with Crippen LogP contribution in [0.15, 0.2) is 42.5 Å². The molecule has 2 aromatic rings. The van der Waals surface area contributed by atoms with Crippen LogP contribution in [0.25, 0.3) is 0 Å². The first-order valence-corrected chi connectivity index (χ1v) is 8.36. The van der Waals surface area contributed by atoms with E-state index in [2.05, 4.69) is 24.4 Å². The maximum Gasteiger partial charge on any atom is 0.248 e. The Hall–Kier alpha value is -2.82. The average Bonchev–Trinajstić information content (AvgIpc) is 3.35. The van der Waals surface area contributed by atoms with E-state index in [1.54, 1.807) is 18.2 Å². The van der Waals surface area contributed by atoms with Crippen molar-refractivity contribution in [2.24, 2.45) is 11.7 Å². The Morgan fingerprint density at radius 3 is 2.52 bits per heavy atom. The predicted molar refractivity (Wildman–Crippen MR) is 99.9 cm³/mol. The summed E-state index contributed by atoms with van der Waals surface area (Å²) in [7, 11) is 3.78. The molecule has 1 saturated carbocycles. The van der Waals surface area contributed by atoms with Gasteiger partial charge in [0.1, 0.15) is 0 Å². The van der Waals surface area contributed by atoms with E-state index >= 15 is 0 Å². The van der Waals surface area contributed by atoms with Crippen molar-refractivity contribution < 1.29 is 9.59 Å². The zero-order valence-corrected chi connectivity index (χ0v) is 14.7. The monoisotopic (exact) mass is 337 g/mol. The molecule has 25 heavy (non-hydrogen) atoms. The van der Waals surface area contributed by atoms with Crippen molar-refractivity contribution in [1.29, 1.82) is 0 Å². The minimum atomic E-state index is -0.509. The lowest BCUT2D eigenvalue weighted by molar-refractivity contribution is -0.117. The summed E-state index contributed by atoms with van der Waals surface area (Å²) in [6.07, 6.45) is 0.851. The first-order valence-electron chi connectivity index (χ1n) is 8.36. The molecule has 5 nitrogen and oxygen atoms in total. The number of anilines is 2. The van der Waals surface area contributed by atoms with Gasteiger partial charge in [0.15, 0.2) is 0 Å². The molecule has 0 bridgehead atoms. The topological polar surface area (TPSA) is 75.4 Å². The summed E-state index contributed by atoms with van der Waals surface area (Å²) in [6, 6.07) is 13.3. The molecule has 1 aliphatic carbocycles. The van der Waals surface area contributed by atoms with Gasteiger partial charge in [-0.1, -0.05) is 24.3 Å². The Morgan fingerprint density at radius 1 is 1.16 bits per heavy atom. The highest BCUT2D eigenvalue weighted by atomic mass is 16.2. The van der Waals surface area contributed by atoms with Crippen LogP contribution in [0, 0.1) is 12.8 Å². The first kappa shape index (κ1) is 17.0. The van der Waals surface area contributed by atoms with Crippen molar-refractivity contribution in [3.05, 3.63) is 59.2 Å². The van der Waals surface area contributed by atoms with E-state index < -0.39 is 5.91 Å². The maximum atomic E-state index is 12.7. The van der Waals surface area contributed by atoms with Gasteiger partial charge in [0.25, 0.3) is 0 Å². The number of primary amides is 1. The number of hydrogen-bond donors (Lipinski definition) is 2. The van der Waals surface area contributed by atoms with E-state index in [1.807, 2.05) is 31.1 Å². The SMILES string of the molecule is Cc1ccccc1C1CC1C(=O)Nc1cc(C(N)=O)ccc1N(C)C. The molecule has 0 spiro atoms. The molecule has 0 saturated heterocycles. The number of benzene rings is 2. The second-order valence-electron chi connectivity index (χ2n) is 6.79. The van der Waals surface area contributed by atoms with Crippen LogP contribution >= 0.6 is 0 Å². The van der Waals surface area contributed by atoms with Crippen molar-refractivity contribution in [1.82, 2.24) is 0 Å². The summed E-state index contributed by atoms with van der Waals surface area (Å²) in [5.74, 6) is -0.292. The molecule has 1 fully saturated rings. The van der Waals surface area contributed by atoms with Gasteiger partial charge in [0, 0.05) is 25.6 Å². The normalized spacial score (nSPS) is 18.5. The molecule has 3 N–H and O–H groups in total. The van der Waals surface area contributed by atoms with Gasteiger partial charge in [0.05, 0.1) is 11.4 Å². The van der Waals surface area contributed by atoms with Gasteiger partial charge in [0.2, 0.25) is 11.8 Å². The lowest BCUT2D eigenvalue weighted by atomic mass is 10.0. The zero-order chi connectivity index (χ0) is 18.1. The summed E-state index contributed by atoms with van der Waals surface area (Å²) in [4.78, 5) is 26.0. The van der Waals surface area contributed by atoms with Crippen LogP contribution in [0.2, 0.25) is 0 Å².